The Labute approximate surface area is 178 Å². The largest absolute Gasteiger partial charge is 0.382 e. The Hall–Kier alpha value is -3.58. The fraction of sp³-hybridized carbons (Fsp3) is 0.381. The molecule has 3 aromatic heterocycles. The number of rotatable bonds is 7. The van der Waals surface area contributed by atoms with E-state index in [1.165, 1.54) is 0 Å². The van der Waals surface area contributed by atoms with E-state index in [2.05, 4.69) is 50.3 Å². The lowest BCUT2D eigenvalue weighted by atomic mass is 10.0. The smallest absolute Gasteiger partial charge is 0.312 e. The normalized spacial score (nSPS) is 11.6. The minimum atomic E-state index is -0.877. The fourth-order valence-electron chi connectivity index (χ4n) is 3.56. The summed E-state index contributed by atoms with van der Waals surface area (Å²) in [4.78, 5) is 12.2. The number of halogens is 1. The number of nitrogens with one attached hydrogen (secondary N) is 1. The summed E-state index contributed by atoms with van der Waals surface area (Å²) in [5.74, 6) is 3.94. The molecule has 0 bridgehead atoms. The molecular formula is C21H24FN9. The van der Waals surface area contributed by atoms with Gasteiger partial charge in [-0.1, -0.05) is 25.0 Å². The summed E-state index contributed by atoms with van der Waals surface area (Å²) in [6.07, 6.45) is 5.30. The molecule has 0 amide bonds. The maximum absolute atomic E-state index is 13.9. The van der Waals surface area contributed by atoms with E-state index < -0.39 is 6.08 Å². The molecule has 0 spiro atoms. The van der Waals surface area contributed by atoms with Crippen LogP contribution in [0.2, 0.25) is 0 Å². The van der Waals surface area contributed by atoms with Crippen LogP contribution in [0.4, 0.5) is 10.2 Å². The Morgan fingerprint density at radius 1 is 1.26 bits per heavy atom. The summed E-state index contributed by atoms with van der Waals surface area (Å²) < 4.78 is 17.4. The molecule has 160 valence electrons. The average Bonchev–Trinajstić information content (AvgIpc) is 3.25. The summed E-state index contributed by atoms with van der Waals surface area (Å²) in [6.45, 7) is 6.37. The van der Waals surface area contributed by atoms with Crippen LogP contribution in [-0.4, -0.2) is 47.6 Å². The number of hydrogen-bond acceptors (Lipinski definition) is 7. The molecule has 0 aliphatic rings. The van der Waals surface area contributed by atoms with Crippen LogP contribution in [0.1, 0.15) is 30.8 Å². The van der Waals surface area contributed by atoms with Gasteiger partial charge in [-0.25, -0.2) is 9.67 Å². The van der Waals surface area contributed by atoms with Crippen LogP contribution < -0.4 is 11.1 Å². The number of nitrogens with two attached hydrogens (primary N) is 1. The SMILES string of the molecule is C#Cc1cc2c(cc1Cc1nc3c(N)nc(F)nc3n1CCNCC(C)C)nnn2C. The number of benzene rings is 1. The van der Waals surface area contributed by atoms with Crippen LogP contribution in [-0.2, 0) is 20.0 Å². The van der Waals surface area contributed by atoms with Gasteiger partial charge in [-0.2, -0.15) is 14.4 Å². The molecular weight excluding hydrogens is 397 g/mol. The Balaban J connectivity index is 1.76. The molecule has 3 N–H and O–H groups in total. The fourth-order valence-corrected chi connectivity index (χ4v) is 3.56. The molecule has 4 aromatic rings. The van der Waals surface area contributed by atoms with Crippen molar-refractivity contribution in [3.8, 4) is 12.3 Å². The molecule has 0 fully saturated rings. The zero-order valence-corrected chi connectivity index (χ0v) is 17.7. The number of hydrogen-bond donors (Lipinski definition) is 2. The van der Waals surface area contributed by atoms with Crippen molar-refractivity contribution in [1.82, 2.24) is 39.8 Å². The summed E-state index contributed by atoms with van der Waals surface area (Å²) in [6, 6.07) is 3.80. The first-order chi connectivity index (χ1) is 14.9. The lowest BCUT2D eigenvalue weighted by molar-refractivity contribution is 0.517. The highest BCUT2D eigenvalue weighted by atomic mass is 19.1. The van der Waals surface area contributed by atoms with E-state index in [9.17, 15) is 4.39 Å². The Morgan fingerprint density at radius 2 is 2.06 bits per heavy atom. The molecule has 4 rings (SSSR count). The predicted octanol–water partition coefficient (Wildman–Crippen LogP) is 1.65. The second-order valence-electron chi connectivity index (χ2n) is 7.86. The molecule has 10 heteroatoms. The van der Waals surface area contributed by atoms with Crippen molar-refractivity contribution in [3.05, 3.63) is 35.2 Å². The number of fused-ring (bicyclic) bond motifs is 2. The van der Waals surface area contributed by atoms with Gasteiger partial charge in [0.25, 0.3) is 0 Å². The van der Waals surface area contributed by atoms with E-state index in [1.807, 2.05) is 23.7 Å². The van der Waals surface area contributed by atoms with Crippen LogP contribution in [0.3, 0.4) is 0 Å². The molecule has 9 nitrogen and oxygen atoms in total. The molecule has 3 heterocycles. The summed E-state index contributed by atoms with van der Waals surface area (Å²) in [5.41, 5.74) is 9.85. The second kappa shape index (κ2) is 8.28. The maximum atomic E-state index is 13.9. The number of aromatic nitrogens is 7. The Bertz CT molecular complexity index is 1300. The van der Waals surface area contributed by atoms with Gasteiger partial charge in [-0.15, -0.1) is 11.5 Å². The molecule has 0 saturated carbocycles. The van der Waals surface area contributed by atoms with Crippen molar-refractivity contribution in [1.29, 1.82) is 0 Å². The summed E-state index contributed by atoms with van der Waals surface area (Å²) in [7, 11) is 1.81. The lowest BCUT2D eigenvalue weighted by Gasteiger charge is -2.12. The Kier molecular flexibility index (Phi) is 5.52. The third-order valence-electron chi connectivity index (χ3n) is 5.08. The standard InChI is InChI=1S/C21H24FN9/c1-5-13-9-16-15(28-29-30(16)4)8-14(13)10-17-25-18-19(23)26-21(22)27-20(18)31(17)7-6-24-11-12(2)3/h1,8-9,12,24H,6-7,10-11H2,2-4H3,(H2,23,26,27). The monoisotopic (exact) mass is 421 g/mol. The highest BCUT2D eigenvalue weighted by Gasteiger charge is 2.19. The van der Waals surface area contributed by atoms with Crippen molar-refractivity contribution in [2.24, 2.45) is 13.0 Å². The van der Waals surface area contributed by atoms with E-state index >= 15 is 0 Å². The van der Waals surface area contributed by atoms with Gasteiger partial charge in [0.05, 0.1) is 5.52 Å². The van der Waals surface area contributed by atoms with Crippen LogP contribution in [0.15, 0.2) is 12.1 Å². The van der Waals surface area contributed by atoms with Crippen LogP contribution in [0, 0.1) is 24.3 Å². The van der Waals surface area contributed by atoms with Crippen molar-refractivity contribution in [2.75, 3.05) is 18.8 Å². The van der Waals surface area contributed by atoms with Gasteiger partial charge in [0.15, 0.2) is 17.0 Å². The predicted molar refractivity (Wildman–Crippen MR) is 117 cm³/mol. The van der Waals surface area contributed by atoms with E-state index in [-0.39, 0.29) is 5.82 Å². The number of aryl methyl sites for hydroxylation is 1. The van der Waals surface area contributed by atoms with Crippen molar-refractivity contribution in [2.45, 2.75) is 26.8 Å². The number of terminal acetylenes is 1. The van der Waals surface area contributed by atoms with E-state index in [1.54, 1.807) is 4.68 Å². The number of imidazole rings is 1. The first kappa shape index (κ1) is 20.7. The van der Waals surface area contributed by atoms with Gasteiger partial charge in [0.2, 0.25) is 0 Å². The average molecular weight is 421 g/mol. The molecule has 0 radical (unpaired) electrons. The molecule has 0 unspecified atom stereocenters. The van der Waals surface area contributed by atoms with Crippen LogP contribution in [0.25, 0.3) is 22.2 Å². The highest BCUT2D eigenvalue weighted by Crippen LogP contribution is 2.24. The van der Waals surface area contributed by atoms with E-state index in [0.717, 1.165) is 28.7 Å². The molecule has 0 atom stereocenters. The highest BCUT2D eigenvalue weighted by molar-refractivity contribution is 5.82. The molecule has 1 aromatic carbocycles. The van der Waals surface area contributed by atoms with Gasteiger partial charge in [-0.3, -0.25) is 0 Å². The summed E-state index contributed by atoms with van der Waals surface area (Å²) in [5, 5.41) is 11.6. The minimum absolute atomic E-state index is 0.0131. The molecule has 31 heavy (non-hydrogen) atoms. The first-order valence-electron chi connectivity index (χ1n) is 10.0. The van der Waals surface area contributed by atoms with Crippen molar-refractivity contribution < 1.29 is 4.39 Å². The van der Waals surface area contributed by atoms with Gasteiger partial charge in [0.1, 0.15) is 11.3 Å². The zero-order chi connectivity index (χ0) is 22.1. The van der Waals surface area contributed by atoms with Crippen molar-refractivity contribution in [3.63, 3.8) is 0 Å². The third kappa shape index (κ3) is 4.04. The zero-order valence-electron chi connectivity index (χ0n) is 17.7. The summed E-state index contributed by atoms with van der Waals surface area (Å²) >= 11 is 0. The quantitative estimate of drug-likeness (QED) is 0.265. The maximum Gasteiger partial charge on any atom is 0.312 e. The molecule has 0 aliphatic carbocycles. The molecule has 0 saturated heterocycles. The number of nitrogens with zero attached hydrogens (tertiary/aromatic N) is 7. The van der Waals surface area contributed by atoms with Crippen LogP contribution in [0.5, 0.6) is 0 Å². The molecule has 0 aliphatic heterocycles. The number of anilines is 1. The second-order valence-corrected chi connectivity index (χ2v) is 7.86. The number of nitrogen functional groups attached to an aromatic ring is 1. The van der Waals surface area contributed by atoms with E-state index in [4.69, 9.17) is 12.2 Å². The topological polar surface area (TPSA) is 112 Å². The van der Waals surface area contributed by atoms with Crippen molar-refractivity contribution >= 4 is 28.0 Å². The third-order valence-corrected chi connectivity index (χ3v) is 5.08. The lowest BCUT2D eigenvalue weighted by Crippen LogP contribution is -2.25. The first-order valence-corrected chi connectivity index (χ1v) is 10.0. The van der Waals surface area contributed by atoms with Gasteiger partial charge >= 0.3 is 6.08 Å². The van der Waals surface area contributed by atoms with Crippen LogP contribution >= 0.6 is 0 Å². The van der Waals surface area contributed by atoms with Gasteiger partial charge < -0.3 is 15.6 Å². The Morgan fingerprint density at radius 3 is 2.81 bits per heavy atom. The minimum Gasteiger partial charge on any atom is -0.382 e. The van der Waals surface area contributed by atoms with Gasteiger partial charge in [0, 0.05) is 32.1 Å². The van der Waals surface area contributed by atoms with Gasteiger partial charge in [-0.05, 0) is 30.2 Å². The van der Waals surface area contributed by atoms with E-state index in [0.29, 0.717) is 42.4 Å².